The summed E-state index contributed by atoms with van der Waals surface area (Å²) in [6.45, 7) is 2.98. The van der Waals surface area contributed by atoms with E-state index >= 15 is 0 Å². The zero-order chi connectivity index (χ0) is 24.6. The number of morpholine rings is 1. The van der Waals surface area contributed by atoms with E-state index in [4.69, 9.17) is 19.7 Å². The van der Waals surface area contributed by atoms with E-state index in [1.54, 1.807) is 0 Å². The molecule has 1 aliphatic rings. The molecule has 6 heteroatoms. The van der Waals surface area contributed by atoms with Gasteiger partial charge in [-0.25, -0.2) is 15.0 Å². The topological polar surface area (TPSA) is 71.4 Å². The largest absolute Gasteiger partial charge is 0.515 e. The Hall–Kier alpha value is -4.29. The van der Waals surface area contributed by atoms with Crippen LogP contribution in [-0.4, -0.2) is 51.3 Å². The van der Waals surface area contributed by atoms with Gasteiger partial charge in [-0.05, 0) is 16.7 Å². The van der Waals surface area contributed by atoms with Crippen LogP contribution in [0.1, 0.15) is 34.2 Å². The molecule has 1 aromatic heterocycles. The van der Waals surface area contributed by atoms with Crippen LogP contribution in [0.3, 0.4) is 0 Å². The third-order valence-electron chi connectivity index (χ3n) is 6.02. The van der Waals surface area contributed by atoms with Gasteiger partial charge in [0.1, 0.15) is 5.82 Å². The molecule has 0 bridgehead atoms. The van der Waals surface area contributed by atoms with Gasteiger partial charge >= 0.3 is 0 Å². The normalized spacial score (nSPS) is 14.6. The van der Waals surface area contributed by atoms with E-state index in [1.807, 2.05) is 66.7 Å². The smallest absolute Gasteiger partial charge is 0.167 e. The van der Waals surface area contributed by atoms with Gasteiger partial charge in [-0.1, -0.05) is 91.0 Å². The minimum atomic E-state index is 0.434. The van der Waals surface area contributed by atoms with Crippen LogP contribution in [0.4, 0.5) is 0 Å². The summed E-state index contributed by atoms with van der Waals surface area (Å²) < 4.78 is 5.54. The predicted octanol–water partition coefficient (Wildman–Crippen LogP) is 5.13. The maximum Gasteiger partial charge on any atom is 0.167 e. The van der Waals surface area contributed by atoms with Crippen LogP contribution in [0.15, 0.2) is 103 Å². The molecular formula is C30H28N4O2. The number of ether oxygens (including phenoxy) is 1. The summed E-state index contributed by atoms with van der Waals surface area (Å²) in [6.07, 6.45) is 3.75. The summed E-state index contributed by atoms with van der Waals surface area (Å²) in [5, 5.41) is 10.2. The van der Waals surface area contributed by atoms with Crippen LogP contribution in [0.2, 0.25) is 0 Å². The van der Waals surface area contributed by atoms with Crippen molar-refractivity contribution >= 4 is 11.1 Å². The van der Waals surface area contributed by atoms with Crippen LogP contribution >= 0.6 is 0 Å². The van der Waals surface area contributed by atoms with Gasteiger partial charge in [0.2, 0.25) is 0 Å². The highest BCUT2D eigenvalue weighted by atomic mass is 16.5. The zero-order valence-corrected chi connectivity index (χ0v) is 20.0. The Balaban J connectivity index is 1.65. The van der Waals surface area contributed by atoms with E-state index in [-0.39, 0.29) is 0 Å². The Morgan fingerprint density at radius 1 is 0.722 bits per heavy atom. The van der Waals surface area contributed by atoms with Crippen LogP contribution in [0.5, 0.6) is 0 Å². The third-order valence-corrected chi connectivity index (χ3v) is 6.02. The number of benzene rings is 3. The summed E-state index contributed by atoms with van der Waals surface area (Å²) in [6, 6.07) is 30.0. The Bertz CT molecular complexity index is 1330. The van der Waals surface area contributed by atoms with Gasteiger partial charge in [-0.15, -0.1) is 0 Å². The summed E-state index contributed by atoms with van der Waals surface area (Å²) in [4.78, 5) is 16.8. The first-order chi connectivity index (χ1) is 17.8. The van der Waals surface area contributed by atoms with E-state index < -0.39 is 0 Å². The molecular weight excluding hydrogens is 448 g/mol. The number of aliphatic hydroxyl groups is 1. The standard InChI is InChI=1S/C30H28N4O2/c35-22-27(25-14-8-3-9-15-25)30-32-28(20-23-10-4-1-5-11-23)31-29(33-30)26(24-12-6-2-7-13-24)21-34-16-18-36-19-17-34/h1-15,21-22,35H,16-20H2/b26-21+,27-22+. The summed E-state index contributed by atoms with van der Waals surface area (Å²) in [5.41, 5.74) is 4.41. The van der Waals surface area contributed by atoms with E-state index in [2.05, 4.69) is 35.4 Å². The highest BCUT2D eigenvalue weighted by Gasteiger charge is 2.18. The second kappa shape index (κ2) is 11.4. The van der Waals surface area contributed by atoms with Crippen molar-refractivity contribution in [3.8, 4) is 0 Å². The van der Waals surface area contributed by atoms with Crippen molar-refractivity contribution in [3.05, 3.63) is 138 Å². The van der Waals surface area contributed by atoms with Gasteiger partial charge in [0.25, 0.3) is 0 Å². The number of hydrogen-bond acceptors (Lipinski definition) is 6. The fraction of sp³-hybridized carbons (Fsp3) is 0.167. The van der Waals surface area contributed by atoms with E-state index in [0.717, 1.165) is 41.6 Å². The number of hydrogen-bond donors (Lipinski definition) is 1. The van der Waals surface area contributed by atoms with Crippen molar-refractivity contribution in [2.75, 3.05) is 26.3 Å². The second-order valence-electron chi connectivity index (χ2n) is 8.53. The molecule has 0 aliphatic carbocycles. The molecule has 36 heavy (non-hydrogen) atoms. The predicted molar refractivity (Wildman–Crippen MR) is 141 cm³/mol. The molecule has 0 radical (unpaired) electrons. The molecule has 1 fully saturated rings. The quantitative estimate of drug-likeness (QED) is 0.373. The Labute approximate surface area is 211 Å². The van der Waals surface area contributed by atoms with E-state index in [0.29, 0.717) is 42.7 Å². The molecule has 4 aromatic rings. The number of aliphatic hydroxyl groups excluding tert-OH is 1. The third kappa shape index (κ3) is 5.67. The van der Waals surface area contributed by atoms with Crippen LogP contribution in [0.25, 0.3) is 11.1 Å². The van der Waals surface area contributed by atoms with Crippen LogP contribution in [-0.2, 0) is 11.2 Å². The summed E-state index contributed by atoms with van der Waals surface area (Å²) >= 11 is 0. The highest BCUT2D eigenvalue weighted by molar-refractivity contribution is 5.79. The van der Waals surface area contributed by atoms with Gasteiger partial charge in [0.05, 0.1) is 25.0 Å². The van der Waals surface area contributed by atoms with Crippen molar-refractivity contribution in [1.29, 1.82) is 0 Å². The molecule has 180 valence electrons. The molecule has 5 rings (SSSR count). The lowest BCUT2D eigenvalue weighted by Gasteiger charge is -2.26. The second-order valence-corrected chi connectivity index (χ2v) is 8.53. The SMILES string of the molecule is O/C=C(\c1ccccc1)c1nc(Cc2ccccc2)nc(/C(=C/N2CCOCC2)c2ccccc2)n1. The van der Waals surface area contributed by atoms with Gasteiger partial charge < -0.3 is 14.7 Å². The molecule has 0 amide bonds. The van der Waals surface area contributed by atoms with Crippen LogP contribution < -0.4 is 0 Å². The number of aromatic nitrogens is 3. The lowest BCUT2D eigenvalue weighted by Crippen LogP contribution is -2.32. The minimum absolute atomic E-state index is 0.434. The fourth-order valence-electron chi connectivity index (χ4n) is 4.17. The maximum absolute atomic E-state index is 10.2. The molecule has 0 saturated carbocycles. The van der Waals surface area contributed by atoms with Gasteiger partial charge in [0, 0.05) is 31.3 Å². The molecule has 2 heterocycles. The average Bonchev–Trinajstić information content (AvgIpc) is 2.94. The van der Waals surface area contributed by atoms with Gasteiger partial charge in [0.15, 0.2) is 11.6 Å². The van der Waals surface area contributed by atoms with Gasteiger partial charge in [-0.3, -0.25) is 0 Å². The molecule has 0 atom stereocenters. The lowest BCUT2D eigenvalue weighted by atomic mass is 10.0. The molecule has 0 unspecified atom stereocenters. The van der Waals surface area contributed by atoms with Crippen LogP contribution in [0, 0.1) is 0 Å². The van der Waals surface area contributed by atoms with E-state index in [9.17, 15) is 5.11 Å². The van der Waals surface area contributed by atoms with Crippen molar-refractivity contribution in [2.24, 2.45) is 0 Å². The van der Waals surface area contributed by atoms with Crippen molar-refractivity contribution < 1.29 is 9.84 Å². The first-order valence-electron chi connectivity index (χ1n) is 12.1. The molecule has 0 spiro atoms. The summed E-state index contributed by atoms with van der Waals surface area (Å²) in [7, 11) is 0. The first-order valence-corrected chi connectivity index (χ1v) is 12.1. The Morgan fingerprint density at radius 2 is 1.25 bits per heavy atom. The average molecular weight is 477 g/mol. The molecule has 3 aromatic carbocycles. The number of rotatable bonds is 7. The highest BCUT2D eigenvalue weighted by Crippen LogP contribution is 2.26. The molecule has 1 aliphatic heterocycles. The molecule has 1 N–H and O–H groups in total. The minimum Gasteiger partial charge on any atom is -0.515 e. The zero-order valence-electron chi connectivity index (χ0n) is 20.0. The number of nitrogens with zero attached hydrogens (tertiary/aromatic N) is 4. The van der Waals surface area contributed by atoms with Gasteiger partial charge in [-0.2, -0.15) is 0 Å². The van der Waals surface area contributed by atoms with Crippen molar-refractivity contribution in [2.45, 2.75) is 6.42 Å². The maximum atomic E-state index is 10.2. The Morgan fingerprint density at radius 3 is 1.83 bits per heavy atom. The lowest BCUT2D eigenvalue weighted by molar-refractivity contribution is 0.0596. The summed E-state index contributed by atoms with van der Waals surface area (Å²) in [5.74, 6) is 1.64. The molecule has 1 saturated heterocycles. The Kier molecular flexibility index (Phi) is 7.44. The fourth-order valence-corrected chi connectivity index (χ4v) is 4.17. The van der Waals surface area contributed by atoms with Crippen molar-refractivity contribution in [3.63, 3.8) is 0 Å². The van der Waals surface area contributed by atoms with Crippen molar-refractivity contribution in [1.82, 2.24) is 19.9 Å². The van der Waals surface area contributed by atoms with E-state index in [1.165, 1.54) is 0 Å². The monoisotopic (exact) mass is 476 g/mol. The molecule has 6 nitrogen and oxygen atoms in total. The first kappa shape index (κ1) is 23.5.